The van der Waals surface area contributed by atoms with Crippen LogP contribution >= 0.6 is 23.2 Å². The summed E-state index contributed by atoms with van der Waals surface area (Å²) in [5, 5.41) is 0.467. The van der Waals surface area contributed by atoms with E-state index in [-0.39, 0.29) is 16.0 Å². The van der Waals surface area contributed by atoms with E-state index in [9.17, 15) is 13.6 Å². The monoisotopic (exact) mass is 423 g/mol. The zero-order chi connectivity index (χ0) is 20.4. The summed E-state index contributed by atoms with van der Waals surface area (Å²) in [5.41, 5.74) is -0.245. The third-order valence-corrected chi connectivity index (χ3v) is 5.32. The minimum Gasteiger partial charge on any atom is -0.496 e. The second kappa shape index (κ2) is 8.82. The lowest BCUT2D eigenvalue weighted by atomic mass is 9.80. The molecule has 2 rings (SSSR count). The van der Waals surface area contributed by atoms with Crippen LogP contribution in [0, 0.1) is 5.92 Å². The van der Waals surface area contributed by atoms with E-state index >= 15 is 0 Å². The summed E-state index contributed by atoms with van der Waals surface area (Å²) in [6, 6.07) is 2.92. The first kappa shape index (κ1) is 22.0. The van der Waals surface area contributed by atoms with Gasteiger partial charge < -0.3 is 14.4 Å². The molecule has 4 nitrogen and oxygen atoms in total. The molecule has 1 aliphatic rings. The van der Waals surface area contributed by atoms with Crippen molar-refractivity contribution in [1.29, 1.82) is 0 Å². The van der Waals surface area contributed by atoms with Crippen molar-refractivity contribution in [2.24, 2.45) is 5.92 Å². The van der Waals surface area contributed by atoms with Crippen molar-refractivity contribution in [2.45, 2.75) is 51.6 Å². The SMILES string of the molecule is COc1cc(Cl)c(Cl)cc1C(C(F)F)C1CCN(C(=O)OC(C)(C)C)CC1. The molecule has 1 fully saturated rings. The molecule has 1 saturated heterocycles. The van der Waals surface area contributed by atoms with Gasteiger partial charge in [0.1, 0.15) is 11.4 Å². The number of amides is 1. The van der Waals surface area contributed by atoms with Gasteiger partial charge in [0, 0.05) is 24.7 Å². The number of likely N-dealkylation sites (tertiary alicyclic amines) is 1. The third-order valence-electron chi connectivity index (χ3n) is 4.60. The molecule has 1 unspecified atom stereocenters. The minimum absolute atomic E-state index is 0.212. The number of alkyl halides is 2. The Labute approximate surface area is 168 Å². The molecule has 0 aliphatic carbocycles. The highest BCUT2D eigenvalue weighted by Gasteiger charge is 2.37. The van der Waals surface area contributed by atoms with Gasteiger partial charge in [-0.1, -0.05) is 23.2 Å². The second-order valence-corrected chi connectivity index (χ2v) is 8.49. The molecule has 1 heterocycles. The Morgan fingerprint density at radius 2 is 1.74 bits per heavy atom. The van der Waals surface area contributed by atoms with Gasteiger partial charge in [-0.15, -0.1) is 0 Å². The minimum atomic E-state index is -2.59. The summed E-state index contributed by atoms with van der Waals surface area (Å²) in [6.07, 6.45) is -2.12. The van der Waals surface area contributed by atoms with Gasteiger partial charge in [0.25, 0.3) is 0 Å². The molecular weight excluding hydrogens is 399 g/mol. The fourth-order valence-corrected chi connectivity index (χ4v) is 3.67. The molecule has 0 bridgehead atoms. The number of benzene rings is 1. The zero-order valence-electron chi connectivity index (χ0n) is 15.9. The first-order valence-electron chi connectivity index (χ1n) is 8.82. The molecule has 0 aromatic heterocycles. The van der Waals surface area contributed by atoms with Crippen molar-refractivity contribution in [1.82, 2.24) is 4.90 Å². The molecule has 0 saturated carbocycles. The van der Waals surface area contributed by atoms with E-state index < -0.39 is 24.0 Å². The fraction of sp³-hybridized carbons (Fsp3) is 0.632. The van der Waals surface area contributed by atoms with Crippen molar-refractivity contribution in [2.75, 3.05) is 20.2 Å². The van der Waals surface area contributed by atoms with Gasteiger partial charge in [0.2, 0.25) is 6.43 Å². The molecule has 1 aromatic carbocycles. The van der Waals surface area contributed by atoms with Gasteiger partial charge in [-0.3, -0.25) is 0 Å². The van der Waals surface area contributed by atoms with Gasteiger partial charge >= 0.3 is 6.09 Å². The van der Waals surface area contributed by atoms with Crippen molar-refractivity contribution < 1.29 is 23.0 Å². The van der Waals surface area contributed by atoms with E-state index in [1.54, 1.807) is 25.7 Å². The predicted octanol–water partition coefficient (Wildman–Crippen LogP) is 6.00. The fourth-order valence-electron chi connectivity index (χ4n) is 3.34. The second-order valence-electron chi connectivity index (χ2n) is 7.67. The van der Waals surface area contributed by atoms with Crippen molar-refractivity contribution >= 4 is 29.3 Å². The lowest BCUT2D eigenvalue weighted by molar-refractivity contribution is 0.0115. The van der Waals surface area contributed by atoms with Crippen LogP contribution in [0.2, 0.25) is 10.0 Å². The molecule has 1 aromatic rings. The molecular formula is C19H25Cl2F2NO3. The van der Waals surface area contributed by atoms with Crippen LogP contribution in [0.15, 0.2) is 12.1 Å². The summed E-state index contributed by atoms with van der Waals surface area (Å²) in [7, 11) is 1.41. The smallest absolute Gasteiger partial charge is 0.410 e. The molecule has 0 N–H and O–H groups in total. The average Bonchev–Trinajstić information content (AvgIpc) is 2.56. The molecule has 0 radical (unpaired) electrons. The summed E-state index contributed by atoms with van der Waals surface area (Å²) >= 11 is 12.0. The number of carbonyl (C=O) groups excluding carboxylic acids is 1. The van der Waals surface area contributed by atoms with Crippen molar-refractivity contribution in [3.63, 3.8) is 0 Å². The van der Waals surface area contributed by atoms with Crippen LogP contribution in [0.4, 0.5) is 13.6 Å². The highest BCUT2D eigenvalue weighted by molar-refractivity contribution is 6.42. The lowest BCUT2D eigenvalue weighted by Crippen LogP contribution is -2.43. The zero-order valence-corrected chi connectivity index (χ0v) is 17.4. The van der Waals surface area contributed by atoms with Gasteiger partial charge in [-0.05, 0) is 45.6 Å². The van der Waals surface area contributed by atoms with E-state index in [1.807, 2.05) is 0 Å². The number of halogens is 4. The maximum Gasteiger partial charge on any atom is 0.410 e. The Morgan fingerprint density at radius 3 is 2.22 bits per heavy atom. The van der Waals surface area contributed by atoms with E-state index in [1.165, 1.54) is 19.2 Å². The number of piperidine rings is 1. The summed E-state index contributed by atoms with van der Waals surface area (Å²) in [5.74, 6) is -1.06. The van der Waals surface area contributed by atoms with Crippen LogP contribution in [0.1, 0.15) is 45.1 Å². The van der Waals surface area contributed by atoms with Gasteiger partial charge in [-0.25, -0.2) is 13.6 Å². The number of carbonyl (C=O) groups is 1. The number of rotatable bonds is 4. The van der Waals surface area contributed by atoms with Crippen LogP contribution in [-0.2, 0) is 4.74 Å². The van der Waals surface area contributed by atoms with Crippen LogP contribution < -0.4 is 4.74 Å². The van der Waals surface area contributed by atoms with E-state index in [0.717, 1.165) is 0 Å². The van der Waals surface area contributed by atoms with Gasteiger partial charge in [0.15, 0.2) is 0 Å². The van der Waals surface area contributed by atoms with Crippen LogP contribution in [0.25, 0.3) is 0 Å². The maximum atomic E-state index is 14.0. The molecule has 152 valence electrons. The largest absolute Gasteiger partial charge is 0.496 e. The number of hydrogen-bond acceptors (Lipinski definition) is 3. The number of ether oxygens (including phenoxy) is 2. The van der Waals surface area contributed by atoms with Gasteiger partial charge in [-0.2, -0.15) is 0 Å². The molecule has 8 heteroatoms. The van der Waals surface area contributed by atoms with E-state index in [4.69, 9.17) is 32.7 Å². The van der Waals surface area contributed by atoms with Crippen molar-refractivity contribution in [3.05, 3.63) is 27.7 Å². The summed E-state index contributed by atoms with van der Waals surface area (Å²) in [6.45, 7) is 6.11. The average molecular weight is 424 g/mol. The highest BCUT2D eigenvalue weighted by Crippen LogP contribution is 2.43. The molecule has 1 aliphatic heterocycles. The Bertz CT molecular complexity index is 672. The van der Waals surface area contributed by atoms with E-state index in [2.05, 4.69) is 0 Å². The Hall–Kier alpha value is -1.27. The van der Waals surface area contributed by atoms with Crippen LogP contribution in [-0.4, -0.2) is 43.2 Å². The first-order chi connectivity index (χ1) is 12.5. The normalized spacial score (nSPS) is 17.1. The third kappa shape index (κ3) is 5.61. The van der Waals surface area contributed by atoms with E-state index in [0.29, 0.717) is 37.2 Å². The lowest BCUT2D eigenvalue weighted by Gasteiger charge is -2.37. The highest BCUT2D eigenvalue weighted by atomic mass is 35.5. The quantitative estimate of drug-likeness (QED) is 0.595. The Morgan fingerprint density at radius 1 is 1.19 bits per heavy atom. The molecule has 0 spiro atoms. The topological polar surface area (TPSA) is 38.8 Å². The number of nitrogens with zero attached hydrogens (tertiary/aromatic N) is 1. The predicted molar refractivity (Wildman–Crippen MR) is 102 cm³/mol. The first-order valence-corrected chi connectivity index (χ1v) is 9.58. The molecule has 27 heavy (non-hydrogen) atoms. The van der Waals surface area contributed by atoms with Crippen LogP contribution in [0.5, 0.6) is 5.75 Å². The molecule has 1 atom stereocenters. The van der Waals surface area contributed by atoms with Crippen molar-refractivity contribution in [3.8, 4) is 5.75 Å². The molecule has 1 amide bonds. The van der Waals surface area contributed by atoms with Crippen LogP contribution in [0.3, 0.4) is 0 Å². The Kier molecular flexibility index (Phi) is 7.20. The number of methoxy groups -OCH3 is 1. The summed E-state index contributed by atoms with van der Waals surface area (Å²) in [4.78, 5) is 13.7. The maximum absolute atomic E-state index is 14.0. The standard InChI is InChI=1S/C19H25Cl2F2NO3/c1-19(2,3)27-18(25)24-7-5-11(6-8-24)16(17(22)23)12-9-13(20)14(21)10-15(12)26-4/h9-11,16-17H,5-8H2,1-4H3. The summed E-state index contributed by atoms with van der Waals surface area (Å²) < 4.78 is 38.5. The number of hydrogen-bond donors (Lipinski definition) is 0. The Balaban J connectivity index is 2.17. The van der Waals surface area contributed by atoms with Gasteiger partial charge in [0.05, 0.1) is 23.1 Å².